The van der Waals surface area contributed by atoms with Crippen molar-refractivity contribution in [1.82, 2.24) is 20.2 Å². The molecule has 0 spiro atoms. The van der Waals surface area contributed by atoms with Gasteiger partial charge in [-0.25, -0.2) is 5.10 Å². The van der Waals surface area contributed by atoms with Gasteiger partial charge in [-0.05, 0) is 0 Å². The zero-order chi connectivity index (χ0) is 11.7. The van der Waals surface area contributed by atoms with Crippen LogP contribution in [0.15, 0.2) is 16.9 Å². The van der Waals surface area contributed by atoms with Crippen LogP contribution in [0.25, 0.3) is 0 Å². The molecule has 0 fully saturated rings. The number of hydrogen-bond acceptors (Lipinski definition) is 7. The molecule has 8 nitrogen and oxygen atoms in total. The van der Waals surface area contributed by atoms with Crippen molar-refractivity contribution in [3.63, 3.8) is 0 Å². The number of nitrogens with two attached hydrogens (primary N) is 1. The van der Waals surface area contributed by atoms with E-state index >= 15 is 0 Å². The quantitative estimate of drug-likeness (QED) is 0.557. The molecular formula is C7H10ClN7O. The molecule has 1 aromatic rings. The van der Waals surface area contributed by atoms with Crippen LogP contribution in [0.4, 0.5) is 11.9 Å². The van der Waals surface area contributed by atoms with Crippen LogP contribution in [0, 0.1) is 0 Å². The zero-order valence-electron chi connectivity index (χ0n) is 8.35. The highest BCUT2D eigenvalue weighted by Crippen LogP contribution is 2.16. The van der Waals surface area contributed by atoms with Gasteiger partial charge in [0.05, 0.1) is 5.70 Å². The Balaban J connectivity index is 2.18. The monoisotopic (exact) mass is 243 g/mol. The molecule has 9 heteroatoms. The van der Waals surface area contributed by atoms with E-state index in [4.69, 9.17) is 17.3 Å². The minimum Gasteiger partial charge on any atom is -0.368 e. The number of likely N-dealkylation sites (N-methyl/N-ethyl adjacent to an activating group) is 1. The average Bonchev–Trinajstić information content (AvgIpc) is 2.60. The Morgan fingerprint density at radius 1 is 1.69 bits per heavy atom. The summed E-state index contributed by atoms with van der Waals surface area (Å²) in [6.07, 6.45) is 0.556. The van der Waals surface area contributed by atoms with Crippen LogP contribution in [0.5, 0.6) is 0 Å². The first kappa shape index (κ1) is 10.7. The minimum atomic E-state index is -0.928. The van der Waals surface area contributed by atoms with Crippen molar-refractivity contribution >= 4 is 28.7 Å². The summed E-state index contributed by atoms with van der Waals surface area (Å²) in [7, 11) is 1.59. The predicted octanol–water partition coefficient (Wildman–Crippen LogP) is -0.501. The van der Waals surface area contributed by atoms with Crippen LogP contribution in [0.1, 0.15) is 0 Å². The van der Waals surface area contributed by atoms with Crippen molar-refractivity contribution in [1.29, 1.82) is 0 Å². The number of halogens is 1. The molecule has 1 unspecified atom stereocenters. The predicted molar refractivity (Wildman–Crippen MR) is 59.6 cm³/mol. The number of hydrazone groups is 1. The van der Waals surface area contributed by atoms with E-state index in [1.807, 2.05) is 0 Å². The zero-order valence-corrected chi connectivity index (χ0v) is 9.10. The maximum absolute atomic E-state index is 9.76. The van der Waals surface area contributed by atoms with Crippen LogP contribution in [-0.2, 0) is 0 Å². The van der Waals surface area contributed by atoms with Crippen molar-refractivity contribution in [2.75, 3.05) is 18.1 Å². The summed E-state index contributed by atoms with van der Waals surface area (Å²) in [5.74, 6) is 0.434. The fraction of sp³-hybridized carbons (Fsp3) is 0.286. The van der Waals surface area contributed by atoms with Crippen molar-refractivity contribution in [3.05, 3.63) is 11.8 Å². The maximum Gasteiger partial charge on any atom is 0.248 e. The third-order valence-electron chi connectivity index (χ3n) is 1.92. The van der Waals surface area contributed by atoms with Crippen molar-refractivity contribution in [2.24, 2.45) is 5.10 Å². The lowest BCUT2D eigenvalue weighted by Crippen LogP contribution is -2.35. The molecule has 0 saturated heterocycles. The molecule has 86 valence electrons. The summed E-state index contributed by atoms with van der Waals surface area (Å²) in [6.45, 7) is 0. The maximum atomic E-state index is 9.76. The summed E-state index contributed by atoms with van der Waals surface area (Å²) < 4.78 is 0. The van der Waals surface area contributed by atoms with E-state index in [1.165, 1.54) is 11.1 Å². The molecule has 0 radical (unpaired) electrons. The fourth-order valence-corrected chi connectivity index (χ4v) is 1.44. The number of nitrogens with one attached hydrogen (secondary N) is 2. The molecule has 0 bridgehead atoms. The number of nitrogens with zero attached hydrogens (tertiary/aromatic N) is 4. The summed E-state index contributed by atoms with van der Waals surface area (Å²) in [6, 6.07) is 0. The van der Waals surface area contributed by atoms with Crippen LogP contribution >= 0.6 is 11.6 Å². The number of hydrogen-bond donors (Lipinski definition) is 4. The summed E-state index contributed by atoms with van der Waals surface area (Å²) in [4.78, 5) is 3.84. The van der Waals surface area contributed by atoms with E-state index in [9.17, 15) is 5.11 Å². The van der Waals surface area contributed by atoms with Gasteiger partial charge in [-0.1, -0.05) is 11.6 Å². The largest absolute Gasteiger partial charge is 0.368 e. The third-order valence-corrected chi connectivity index (χ3v) is 2.10. The number of aliphatic hydroxyl groups excluding tert-OH is 1. The van der Waals surface area contributed by atoms with Crippen molar-refractivity contribution < 1.29 is 5.11 Å². The van der Waals surface area contributed by atoms with Gasteiger partial charge in [0.1, 0.15) is 0 Å². The highest BCUT2D eigenvalue weighted by molar-refractivity contribution is 6.68. The van der Waals surface area contributed by atoms with Gasteiger partial charge in [0.15, 0.2) is 11.4 Å². The van der Waals surface area contributed by atoms with E-state index < -0.39 is 6.23 Å². The number of rotatable bonds is 2. The lowest BCUT2D eigenvalue weighted by atomic mass is 10.3. The van der Waals surface area contributed by atoms with E-state index in [0.717, 1.165) is 0 Å². The number of anilines is 2. The average molecular weight is 244 g/mol. The minimum absolute atomic E-state index is 0.182. The molecule has 1 aliphatic heterocycles. The Morgan fingerprint density at radius 3 is 3.06 bits per heavy atom. The second-order valence-corrected chi connectivity index (χ2v) is 3.53. The number of nitrogen functional groups attached to an aromatic ring is 1. The normalized spacial score (nSPS) is 20.4. The molecule has 0 aliphatic carbocycles. The first-order chi connectivity index (χ1) is 7.56. The van der Waals surface area contributed by atoms with Gasteiger partial charge >= 0.3 is 0 Å². The fourth-order valence-electron chi connectivity index (χ4n) is 1.20. The van der Waals surface area contributed by atoms with Crippen LogP contribution < -0.4 is 11.1 Å². The molecule has 1 atom stereocenters. The summed E-state index contributed by atoms with van der Waals surface area (Å²) in [5, 5.41) is 24.2. The van der Waals surface area contributed by atoms with Crippen LogP contribution in [0.3, 0.4) is 0 Å². The van der Waals surface area contributed by atoms with Gasteiger partial charge in [-0.2, -0.15) is 10.1 Å². The topological polar surface area (TPSA) is 115 Å². The van der Waals surface area contributed by atoms with Gasteiger partial charge < -0.3 is 16.2 Å². The smallest absolute Gasteiger partial charge is 0.248 e. The van der Waals surface area contributed by atoms with Gasteiger partial charge in [0.25, 0.3) is 0 Å². The summed E-state index contributed by atoms with van der Waals surface area (Å²) >= 11 is 5.75. The van der Waals surface area contributed by atoms with Gasteiger partial charge in [0, 0.05) is 13.1 Å². The number of H-pyrrole nitrogens is 1. The summed E-state index contributed by atoms with van der Waals surface area (Å²) in [5.41, 5.74) is 5.78. The molecule has 5 N–H and O–H groups in total. The number of aliphatic hydroxyl groups is 1. The SMILES string of the molecule is CN1N=C(Cl)C=C(Nc2n[nH]c(N)n2)C1O. The highest BCUT2D eigenvalue weighted by Gasteiger charge is 2.21. The van der Waals surface area contributed by atoms with Crippen molar-refractivity contribution in [3.8, 4) is 0 Å². The van der Waals surface area contributed by atoms with Gasteiger partial charge in [-0.3, -0.25) is 5.01 Å². The second-order valence-electron chi connectivity index (χ2n) is 3.14. The van der Waals surface area contributed by atoms with E-state index in [0.29, 0.717) is 5.70 Å². The Morgan fingerprint density at radius 2 is 2.44 bits per heavy atom. The molecule has 1 aromatic heterocycles. The molecule has 0 amide bonds. The lowest BCUT2D eigenvalue weighted by molar-refractivity contribution is 0.0544. The van der Waals surface area contributed by atoms with Gasteiger partial charge in [0.2, 0.25) is 11.9 Å². The Hall–Kier alpha value is -1.80. The van der Waals surface area contributed by atoms with Crippen LogP contribution in [0.2, 0.25) is 0 Å². The van der Waals surface area contributed by atoms with Gasteiger partial charge in [-0.15, -0.1) is 5.10 Å². The molecule has 0 saturated carbocycles. The lowest BCUT2D eigenvalue weighted by Gasteiger charge is -2.26. The van der Waals surface area contributed by atoms with Crippen LogP contribution in [-0.4, -0.2) is 43.7 Å². The van der Waals surface area contributed by atoms with Crippen molar-refractivity contribution in [2.45, 2.75) is 6.23 Å². The molecule has 2 rings (SSSR count). The molecule has 0 aromatic carbocycles. The number of aromatic amines is 1. The Bertz CT molecular complexity index is 453. The molecular weight excluding hydrogens is 234 g/mol. The Kier molecular flexibility index (Phi) is 2.67. The van der Waals surface area contributed by atoms with E-state index in [2.05, 4.69) is 25.6 Å². The van der Waals surface area contributed by atoms with E-state index in [-0.39, 0.29) is 17.1 Å². The highest BCUT2D eigenvalue weighted by atomic mass is 35.5. The standard InChI is InChI=1S/C7H10ClN7O/c1-15-5(16)3(2-4(8)14-15)10-7-11-6(9)12-13-7/h2,5,16H,1H3,(H4,9,10,11,12,13). The molecule has 2 heterocycles. The second kappa shape index (κ2) is 3.99. The Labute approximate surface area is 95.8 Å². The van der Waals surface area contributed by atoms with E-state index in [1.54, 1.807) is 7.05 Å². The number of aromatic nitrogens is 3. The first-order valence-corrected chi connectivity index (χ1v) is 4.75. The first-order valence-electron chi connectivity index (χ1n) is 4.38. The number of allylic oxidation sites excluding steroid dienone is 1. The molecule has 16 heavy (non-hydrogen) atoms. The molecule has 1 aliphatic rings. The third kappa shape index (κ3) is 2.07.